The predicted octanol–water partition coefficient (Wildman–Crippen LogP) is 3.41. The van der Waals surface area contributed by atoms with E-state index in [4.69, 9.17) is 4.52 Å². The zero-order chi connectivity index (χ0) is 15.4. The number of rotatable bonds is 4. The third-order valence-electron chi connectivity index (χ3n) is 3.23. The topological polar surface area (TPSA) is 55.1 Å². The second kappa shape index (κ2) is 6.22. The first-order valence-electron chi connectivity index (χ1n) is 6.77. The number of hydrogen-bond donors (Lipinski definition) is 1. The molecule has 1 N–H and O–H groups in total. The van der Waals surface area contributed by atoms with E-state index in [9.17, 15) is 9.18 Å². The molecule has 3 aromatic rings. The van der Waals surface area contributed by atoms with Gasteiger partial charge in [-0.05, 0) is 36.4 Å². The first kappa shape index (κ1) is 14.0. The molecular formula is C17H13FN2O2. The van der Waals surface area contributed by atoms with Crippen LogP contribution in [-0.4, -0.2) is 11.1 Å². The second-order valence-corrected chi connectivity index (χ2v) is 4.74. The summed E-state index contributed by atoms with van der Waals surface area (Å²) in [4.78, 5) is 12.0. The van der Waals surface area contributed by atoms with Crippen molar-refractivity contribution in [1.29, 1.82) is 0 Å². The molecule has 0 aliphatic carbocycles. The Bertz CT molecular complexity index is 767. The van der Waals surface area contributed by atoms with Gasteiger partial charge in [0.1, 0.15) is 5.82 Å². The van der Waals surface area contributed by atoms with E-state index in [2.05, 4.69) is 10.5 Å². The van der Waals surface area contributed by atoms with Crippen molar-refractivity contribution in [2.24, 2.45) is 0 Å². The van der Waals surface area contributed by atoms with Crippen LogP contribution >= 0.6 is 0 Å². The first-order valence-corrected chi connectivity index (χ1v) is 6.77. The maximum absolute atomic E-state index is 13.0. The molecule has 1 aromatic heterocycles. The minimum Gasteiger partial charge on any atom is -0.356 e. The number of hydrogen-bond acceptors (Lipinski definition) is 3. The van der Waals surface area contributed by atoms with Gasteiger partial charge in [0, 0.05) is 23.2 Å². The molecule has 0 fully saturated rings. The molecule has 4 nitrogen and oxygen atoms in total. The van der Waals surface area contributed by atoms with E-state index in [0.717, 1.165) is 5.56 Å². The SMILES string of the molecule is O=C(NCc1cnoc1-c1ccc(F)cc1)c1ccccc1. The van der Waals surface area contributed by atoms with E-state index in [1.165, 1.54) is 12.1 Å². The third kappa shape index (κ3) is 3.03. The van der Waals surface area contributed by atoms with Crippen LogP contribution in [0.2, 0.25) is 0 Å². The van der Waals surface area contributed by atoms with Crippen molar-refractivity contribution < 1.29 is 13.7 Å². The molecule has 1 amide bonds. The highest BCUT2D eigenvalue weighted by atomic mass is 19.1. The number of nitrogens with one attached hydrogen (secondary N) is 1. The van der Waals surface area contributed by atoms with Crippen LogP contribution in [0.5, 0.6) is 0 Å². The molecule has 0 aliphatic rings. The lowest BCUT2D eigenvalue weighted by atomic mass is 10.1. The summed E-state index contributed by atoms with van der Waals surface area (Å²) >= 11 is 0. The molecule has 22 heavy (non-hydrogen) atoms. The Hall–Kier alpha value is -2.95. The average molecular weight is 296 g/mol. The maximum atomic E-state index is 13.0. The largest absolute Gasteiger partial charge is 0.356 e. The van der Waals surface area contributed by atoms with Gasteiger partial charge in [0.15, 0.2) is 5.76 Å². The standard InChI is InChI=1S/C17H13FN2O2/c18-15-8-6-12(7-9-15)16-14(11-20-22-16)10-19-17(21)13-4-2-1-3-5-13/h1-9,11H,10H2,(H,19,21). The van der Waals surface area contributed by atoms with Crippen LogP contribution < -0.4 is 5.32 Å². The molecule has 3 rings (SSSR count). The van der Waals surface area contributed by atoms with Crippen molar-refractivity contribution in [2.75, 3.05) is 0 Å². The van der Waals surface area contributed by atoms with Gasteiger partial charge in [0.25, 0.3) is 5.91 Å². The number of carbonyl (C=O) groups is 1. The summed E-state index contributed by atoms with van der Waals surface area (Å²) in [7, 11) is 0. The molecule has 0 aliphatic heterocycles. The third-order valence-corrected chi connectivity index (χ3v) is 3.23. The lowest BCUT2D eigenvalue weighted by Gasteiger charge is -2.05. The van der Waals surface area contributed by atoms with E-state index >= 15 is 0 Å². The molecular weight excluding hydrogens is 283 g/mol. The van der Waals surface area contributed by atoms with E-state index in [-0.39, 0.29) is 18.3 Å². The molecule has 0 unspecified atom stereocenters. The Labute approximate surface area is 126 Å². The van der Waals surface area contributed by atoms with Crippen LogP contribution in [0.15, 0.2) is 65.3 Å². The molecule has 0 bridgehead atoms. The van der Waals surface area contributed by atoms with Gasteiger partial charge in [-0.25, -0.2) is 4.39 Å². The Morgan fingerprint density at radius 3 is 2.55 bits per heavy atom. The summed E-state index contributed by atoms with van der Waals surface area (Å²) in [5, 5.41) is 6.56. The summed E-state index contributed by atoms with van der Waals surface area (Å²) in [5.74, 6) is 0.0300. The molecule has 0 radical (unpaired) electrons. The molecule has 1 heterocycles. The summed E-state index contributed by atoms with van der Waals surface area (Å²) < 4.78 is 18.2. The van der Waals surface area contributed by atoms with Crippen LogP contribution in [0.25, 0.3) is 11.3 Å². The summed E-state index contributed by atoms with van der Waals surface area (Å²) in [6.45, 7) is 0.282. The highest BCUT2D eigenvalue weighted by Crippen LogP contribution is 2.23. The highest BCUT2D eigenvalue weighted by molar-refractivity contribution is 5.94. The summed E-state index contributed by atoms with van der Waals surface area (Å²) in [6.07, 6.45) is 1.55. The lowest BCUT2D eigenvalue weighted by Crippen LogP contribution is -2.22. The van der Waals surface area contributed by atoms with Crippen molar-refractivity contribution in [3.8, 4) is 11.3 Å². The van der Waals surface area contributed by atoms with Crippen molar-refractivity contribution in [3.63, 3.8) is 0 Å². The van der Waals surface area contributed by atoms with Gasteiger partial charge in [0.05, 0.1) is 6.20 Å². The fourth-order valence-electron chi connectivity index (χ4n) is 2.09. The monoisotopic (exact) mass is 296 g/mol. The van der Waals surface area contributed by atoms with Crippen LogP contribution in [-0.2, 0) is 6.54 Å². The molecule has 0 atom stereocenters. The van der Waals surface area contributed by atoms with Gasteiger partial charge < -0.3 is 9.84 Å². The Kier molecular flexibility index (Phi) is 3.96. The Morgan fingerprint density at radius 2 is 1.82 bits per heavy atom. The quantitative estimate of drug-likeness (QED) is 0.802. The fraction of sp³-hybridized carbons (Fsp3) is 0.0588. The van der Waals surface area contributed by atoms with E-state index in [1.807, 2.05) is 6.07 Å². The fourth-order valence-corrected chi connectivity index (χ4v) is 2.09. The predicted molar refractivity (Wildman–Crippen MR) is 79.5 cm³/mol. The first-order chi connectivity index (χ1) is 10.7. The zero-order valence-corrected chi connectivity index (χ0v) is 11.6. The number of halogens is 1. The lowest BCUT2D eigenvalue weighted by molar-refractivity contribution is 0.0951. The number of nitrogens with zero attached hydrogens (tertiary/aromatic N) is 1. The molecule has 0 saturated heterocycles. The van der Waals surface area contributed by atoms with Crippen LogP contribution in [0.4, 0.5) is 4.39 Å². The minimum atomic E-state index is -0.317. The normalized spacial score (nSPS) is 10.4. The van der Waals surface area contributed by atoms with E-state index < -0.39 is 0 Å². The van der Waals surface area contributed by atoms with Crippen molar-refractivity contribution >= 4 is 5.91 Å². The summed E-state index contributed by atoms with van der Waals surface area (Å²) in [6, 6.07) is 14.9. The minimum absolute atomic E-state index is 0.174. The van der Waals surface area contributed by atoms with Crippen molar-refractivity contribution in [2.45, 2.75) is 6.54 Å². The van der Waals surface area contributed by atoms with Crippen molar-refractivity contribution in [3.05, 3.63) is 77.7 Å². The molecule has 110 valence electrons. The Balaban J connectivity index is 1.73. The van der Waals surface area contributed by atoms with Crippen LogP contribution in [0.3, 0.4) is 0 Å². The summed E-state index contributed by atoms with van der Waals surface area (Å²) in [5.41, 5.74) is 2.03. The van der Waals surface area contributed by atoms with Gasteiger partial charge in [-0.15, -0.1) is 0 Å². The smallest absolute Gasteiger partial charge is 0.251 e. The molecule has 2 aromatic carbocycles. The number of benzene rings is 2. The van der Waals surface area contributed by atoms with E-state index in [0.29, 0.717) is 16.9 Å². The van der Waals surface area contributed by atoms with Crippen molar-refractivity contribution in [1.82, 2.24) is 10.5 Å². The van der Waals surface area contributed by atoms with Crippen LogP contribution in [0, 0.1) is 5.82 Å². The van der Waals surface area contributed by atoms with Gasteiger partial charge in [-0.2, -0.15) is 0 Å². The van der Waals surface area contributed by atoms with Gasteiger partial charge >= 0.3 is 0 Å². The second-order valence-electron chi connectivity index (χ2n) is 4.74. The molecule has 0 spiro atoms. The highest BCUT2D eigenvalue weighted by Gasteiger charge is 2.12. The van der Waals surface area contributed by atoms with E-state index in [1.54, 1.807) is 42.6 Å². The number of amides is 1. The van der Waals surface area contributed by atoms with Crippen LogP contribution in [0.1, 0.15) is 15.9 Å². The van der Waals surface area contributed by atoms with Gasteiger partial charge in [-0.3, -0.25) is 4.79 Å². The Morgan fingerprint density at radius 1 is 1.09 bits per heavy atom. The molecule has 0 saturated carbocycles. The van der Waals surface area contributed by atoms with Gasteiger partial charge in [-0.1, -0.05) is 23.4 Å². The average Bonchev–Trinajstić information content (AvgIpc) is 3.02. The number of carbonyl (C=O) groups excluding carboxylic acids is 1. The zero-order valence-electron chi connectivity index (χ0n) is 11.6. The number of aromatic nitrogens is 1. The molecule has 5 heteroatoms. The van der Waals surface area contributed by atoms with Gasteiger partial charge in [0.2, 0.25) is 0 Å². The maximum Gasteiger partial charge on any atom is 0.251 e.